The van der Waals surface area contributed by atoms with Crippen molar-refractivity contribution in [3.63, 3.8) is 0 Å². The number of aliphatic imine (C=N–C) groups is 1. The Morgan fingerprint density at radius 2 is 1.35 bits per heavy atom. The summed E-state index contributed by atoms with van der Waals surface area (Å²) in [5, 5.41) is 34.2. The van der Waals surface area contributed by atoms with Gasteiger partial charge in [0.2, 0.25) is 17.7 Å². The van der Waals surface area contributed by atoms with Crippen LogP contribution >= 0.6 is 0 Å². The second-order valence-corrected chi connectivity index (χ2v) is 8.80. The van der Waals surface area contributed by atoms with Gasteiger partial charge in [0.1, 0.15) is 18.1 Å². The topological polar surface area (TPSA) is 290 Å². The van der Waals surface area contributed by atoms with E-state index in [0.717, 1.165) is 0 Å². The highest BCUT2D eigenvalue weighted by atomic mass is 16.4. The molecule has 4 atom stereocenters. The van der Waals surface area contributed by atoms with Gasteiger partial charge >= 0.3 is 17.9 Å². The van der Waals surface area contributed by atoms with Crippen molar-refractivity contribution in [1.29, 1.82) is 0 Å². The third kappa shape index (κ3) is 13.2. The third-order valence-electron chi connectivity index (χ3n) is 5.49. The molecular weight excluding hydrogens is 530 g/mol. The van der Waals surface area contributed by atoms with Crippen molar-refractivity contribution < 1.29 is 44.1 Å². The van der Waals surface area contributed by atoms with E-state index in [2.05, 4.69) is 20.9 Å². The minimum absolute atomic E-state index is 0.123. The first-order valence-electron chi connectivity index (χ1n) is 12.2. The van der Waals surface area contributed by atoms with Crippen LogP contribution in [0.15, 0.2) is 35.3 Å². The predicted octanol–water partition coefficient (Wildman–Crippen LogP) is -2.51. The number of carboxylic acids is 3. The number of carbonyl (C=O) groups is 6. The van der Waals surface area contributed by atoms with Crippen LogP contribution in [0.3, 0.4) is 0 Å². The normalized spacial score (nSPS) is 13.5. The molecule has 1 aromatic rings. The molecule has 0 saturated heterocycles. The van der Waals surface area contributed by atoms with Gasteiger partial charge in [0.15, 0.2) is 5.96 Å². The highest BCUT2D eigenvalue weighted by Gasteiger charge is 2.31. The Balaban J connectivity index is 3.09. The number of nitrogens with two attached hydrogens (primary N) is 3. The minimum atomic E-state index is -1.78. The molecular formula is C24H35N7O9. The van der Waals surface area contributed by atoms with Gasteiger partial charge in [-0.2, -0.15) is 0 Å². The van der Waals surface area contributed by atoms with E-state index in [1.807, 2.05) is 0 Å². The first kappa shape index (κ1) is 33.3. The van der Waals surface area contributed by atoms with Crippen molar-refractivity contribution in [2.45, 2.75) is 62.7 Å². The lowest BCUT2D eigenvalue weighted by molar-refractivity contribution is -0.147. The maximum atomic E-state index is 13.2. The van der Waals surface area contributed by atoms with E-state index < -0.39 is 72.6 Å². The number of rotatable bonds is 18. The van der Waals surface area contributed by atoms with Crippen molar-refractivity contribution in [3.8, 4) is 0 Å². The monoisotopic (exact) mass is 565 g/mol. The molecule has 16 heteroatoms. The SMILES string of the molecule is NC(N)=NCCCC(N)C(=O)NC(CCC(=O)O)C(=O)NC(Cc1ccccc1)C(=O)NC(CC(=O)O)C(=O)O. The summed E-state index contributed by atoms with van der Waals surface area (Å²) in [4.78, 5) is 76.1. The molecule has 12 N–H and O–H groups in total. The van der Waals surface area contributed by atoms with E-state index in [-0.39, 0.29) is 31.8 Å². The Kier molecular flexibility index (Phi) is 14.1. The number of guanidine groups is 1. The van der Waals surface area contributed by atoms with Crippen molar-refractivity contribution in [2.24, 2.45) is 22.2 Å². The van der Waals surface area contributed by atoms with Crippen LogP contribution in [0.25, 0.3) is 0 Å². The van der Waals surface area contributed by atoms with Gasteiger partial charge in [-0.05, 0) is 24.8 Å². The minimum Gasteiger partial charge on any atom is -0.481 e. The van der Waals surface area contributed by atoms with E-state index in [4.69, 9.17) is 27.4 Å². The van der Waals surface area contributed by atoms with Gasteiger partial charge < -0.3 is 48.5 Å². The molecule has 16 nitrogen and oxygen atoms in total. The number of amides is 3. The first-order valence-corrected chi connectivity index (χ1v) is 12.2. The molecule has 40 heavy (non-hydrogen) atoms. The average molecular weight is 566 g/mol. The number of nitrogens with one attached hydrogen (secondary N) is 3. The number of carbonyl (C=O) groups excluding carboxylic acids is 3. The largest absolute Gasteiger partial charge is 0.481 e. The molecule has 0 heterocycles. The second kappa shape index (κ2) is 17.0. The fourth-order valence-electron chi connectivity index (χ4n) is 3.44. The van der Waals surface area contributed by atoms with Crippen molar-refractivity contribution >= 4 is 41.6 Å². The zero-order valence-corrected chi connectivity index (χ0v) is 21.6. The zero-order valence-electron chi connectivity index (χ0n) is 21.6. The van der Waals surface area contributed by atoms with Gasteiger partial charge in [0, 0.05) is 19.4 Å². The van der Waals surface area contributed by atoms with Gasteiger partial charge in [0.25, 0.3) is 0 Å². The van der Waals surface area contributed by atoms with E-state index >= 15 is 0 Å². The van der Waals surface area contributed by atoms with Gasteiger partial charge in [0.05, 0.1) is 12.5 Å². The lowest BCUT2D eigenvalue weighted by Crippen LogP contribution is -2.57. The summed E-state index contributed by atoms with van der Waals surface area (Å²) in [5.74, 6) is -7.12. The van der Waals surface area contributed by atoms with E-state index in [0.29, 0.717) is 12.0 Å². The molecule has 0 saturated carbocycles. The lowest BCUT2D eigenvalue weighted by Gasteiger charge is -2.25. The molecule has 0 aliphatic rings. The first-order chi connectivity index (χ1) is 18.8. The van der Waals surface area contributed by atoms with Crippen molar-refractivity contribution in [3.05, 3.63) is 35.9 Å². The van der Waals surface area contributed by atoms with Gasteiger partial charge in [-0.3, -0.25) is 29.0 Å². The van der Waals surface area contributed by atoms with Gasteiger partial charge in [-0.15, -0.1) is 0 Å². The molecule has 0 aliphatic carbocycles. The van der Waals surface area contributed by atoms with Crippen LogP contribution in [0.4, 0.5) is 0 Å². The van der Waals surface area contributed by atoms with Crippen LogP contribution in [-0.4, -0.2) is 87.6 Å². The number of aliphatic carboxylic acids is 3. The van der Waals surface area contributed by atoms with Crippen LogP contribution in [0, 0.1) is 0 Å². The number of hydrogen-bond donors (Lipinski definition) is 9. The summed E-state index contributed by atoms with van der Waals surface area (Å²) >= 11 is 0. The molecule has 0 spiro atoms. The van der Waals surface area contributed by atoms with Crippen LogP contribution in [-0.2, 0) is 35.2 Å². The molecule has 220 valence electrons. The highest BCUT2D eigenvalue weighted by Crippen LogP contribution is 2.07. The molecule has 0 radical (unpaired) electrons. The van der Waals surface area contributed by atoms with Gasteiger partial charge in [-0.25, -0.2) is 4.79 Å². The molecule has 1 aromatic carbocycles. The lowest BCUT2D eigenvalue weighted by atomic mass is 10.0. The number of nitrogens with zero attached hydrogens (tertiary/aromatic N) is 1. The smallest absolute Gasteiger partial charge is 0.326 e. The summed E-state index contributed by atoms with van der Waals surface area (Å²) in [6, 6.07) is 2.66. The molecule has 0 aromatic heterocycles. The summed E-state index contributed by atoms with van der Waals surface area (Å²) in [6.07, 6.45) is -1.39. The third-order valence-corrected chi connectivity index (χ3v) is 5.49. The molecule has 4 unspecified atom stereocenters. The quantitative estimate of drug-likeness (QED) is 0.0506. The molecule has 0 aliphatic heterocycles. The Hall–Kier alpha value is -4.73. The standard InChI is InChI=1S/C24H35N7O9/c25-14(7-4-10-28-24(26)27)20(36)29-15(8-9-18(32)33)21(37)30-16(11-13-5-2-1-3-6-13)22(38)31-17(23(39)40)12-19(34)35/h1-3,5-6,14-17H,4,7-12,25H2,(H,29,36)(H,30,37)(H,31,38)(H,32,33)(H,34,35)(H,39,40)(H4,26,27,28). The average Bonchev–Trinajstić information content (AvgIpc) is 2.87. The molecule has 0 bridgehead atoms. The van der Waals surface area contributed by atoms with E-state index in [1.54, 1.807) is 30.3 Å². The number of benzene rings is 1. The van der Waals surface area contributed by atoms with Crippen LogP contribution in [0.1, 0.15) is 37.7 Å². The molecule has 3 amide bonds. The maximum Gasteiger partial charge on any atom is 0.326 e. The summed E-state index contributed by atoms with van der Waals surface area (Å²) in [7, 11) is 0. The second-order valence-electron chi connectivity index (χ2n) is 8.80. The Bertz CT molecular complexity index is 1080. The fraction of sp³-hybridized carbons (Fsp3) is 0.458. The summed E-state index contributed by atoms with van der Waals surface area (Å²) < 4.78 is 0. The van der Waals surface area contributed by atoms with E-state index in [1.165, 1.54) is 0 Å². The highest BCUT2D eigenvalue weighted by molar-refractivity contribution is 5.95. The summed E-state index contributed by atoms with van der Waals surface area (Å²) in [5.41, 5.74) is 16.9. The van der Waals surface area contributed by atoms with Gasteiger partial charge in [-0.1, -0.05) is 30.3 Å². The van der Waals surface area contributed by atoms with Crippen LogP contribution in [0.2, 0.25) is 0 Å². The number of carboxylic acid groups (broad SMARTS) is 3. The Morgan fingerprint density at radius 3 is 1.90 bits per heavy atom. The van der Waals surface area contributed by atoms with E-state index in [9.17, 15) is 33.9 Å². The molecule has 0 fully saturated rings. The fourth-order valence-corrected chi connectivity index (χ4v) is 3.44. The Morgan fingerprint density at radius 1 is 0.775 bits per heavy atom. The zero-order chi connectivity index (χ0) is 30.2. The molecule has 1 rings (SSSR count). The summed E-state index contributed by atoms with van der Waals surface area (Å²) in [6.45, 7) is 0.210. The predicted molar refractivity (Wildman–Crippen MR) is 141 cm³/mol. The van der Waals surface area contributed by atoms with Crippen LogP contribution in [0.5, 0.6) is 0 Å². The number of hydrogen-bond acceptors (Lipinski definition) is 8. The van der Waals surface area contributed by atoms with Crippen molar-refractivity contribution in [2.75, 3.05) is 6.54 Å². The maximum absolute atomic E-state index is 13.2. The van der Waals surface area contributed by atoms with Crippen LogP contribution < -0.4 is 33.2 Å². The Labute approximate surface area is 229 Å². The van der Waals surface area contributed by atoms with Crippen molar-refractivity contribution in [1.82, 2.24) is 16.0 Å².